The molecule has 0 saturated carbocycles. The Bertz CT molecular complexity index is 282. The molecule has 0 amide bonds. The third-order valence-corrected chi connectivity index (χ3v) is 4.15. The summed E-state index contributed by atoms with van der Waals surface area (Å²) in [5.41, 5.74) is -0.957. The Morgan fingerprint density at radius 1 is 1.46 bits per heavy atom. The van der Waals surface area contributed by atoms with Crippen LogP contribution in [0.15, 0.2) is 0 Å². The summed E-state index contributed by atoms with van der Waals surface area (Å²) in [6, 6.07) is 0. The van der Waals surface area contributed by atoms with Gasteiger partial charge in [-0.05, 0) is 6.42 Å². The maximum atomic E-state index is 10.8. The molecule has 0 aromatic rings. The lowest BCUT2D eigenvalue weighted by molar-refractivity contribution is -0.116. The van der Waals surface area contributed by atoms with Crippen LogP contribution in [-0.2, 0) is 14.6 Å². The number of carbonyl (C=O) groups is 1. The fourth-order valence-electron chi connectivity index (χ4n) is 1.60. The van der Waals surface area contributed by atoms with E-state index in [9.17, 15) is 13.2 Å². The van der Waals surface area contributed by atoms with Gasteiger partial charge in [-0.15, -0.1) is 0 Å². The predicted octanol–water partition coefficient (Wildman–Crippen LogP) is -1.66. The molecule has 1 saturated heterocycles. The Balaban J connectivity index is 2.60. The van der Waals surface area contributed by atoms with E-state index in [4.69, 9.17) is 10.2 Å². The van der Waals surface area contributed by atoms with Gasteiger partial charge in [-0.25, -0.2) is 8.42 Å². The lowest BCUT2D eigenvalue weighted by Crippen LogP contribution is -2.51. The molecule has 0 aliphatic carbocycles. The van der Waals surface area contributed by atoms with Crippen molar-refractivity contribution in [1.82, 2.24) is 0 Å². The second-order valence-corrected chi connectivity index (χ2v) is 5.62. The third kappa shape index (κ3) is 2.26. The molecule has 1 rings (SSSR count). The Morgan fingerprint density at radius 2 is 2.00 bits per heavy atom. The maximum absolute atomic E-state index is 10.8. The summed E-state index contributed by atoms with van der Waals surface area (Å²) in [7, 11) is -3.08. The normalized spacial score (nSPS) is 26.0. The highest BCUT2D eigenvalue weighted by atomic mass is 32.2. The van der Waals surface area contributed by atoms with Gasteiger partial charge in [-0.1, -0.05) is 0 Å². The first-order valence-corrected chi connectivity index (χ1v) is 5.71. The van der Waals surface area contributed by atoms with Crippen LogP contribution in [0.2, 0.25) is 0 Å². The summed E-state index contributed by atoms with van der Waals surface area (Å²) in [4.78, 5) is 10.6. The van der Waals surface area contributed by atoms with E-state index in [-0.39, 0.29) is 17.9 Å². The van der Waals surface area contributed by atoms with Crippen LogP contribution in [0.25, 0.3) is 0 Å². The zero-order valence-corrected chi connectivity index (χ0v) is 7.83. The fourth-order valence-corrected chi connectivity index (χ4v) is 3.64. The van der Waals surface area contributed by atoms with E-state index in [0.29, 0.717) is 6.29 Å². The summed E-state index contributed by atoms with van der Waals surface area (Å²) in [6.07, 6.45) is -0.431. The van der Waals surface area contributed by atoms with Gasteiger partial charge in [-0.3, -0.25) is 0 Å². The van der Waals surface area contributed by atoms with Crippen LogP contribution in [0.4, 0.5) is 0 Å². The van der Waals surface area contributed by atoms with Gasteiger partial charge in [-0.2, -0.15) is 0 Å². The highest BCUT2D eigenvalue weighted by Crippen LogP contribution is 2.35. The first kappa shape index (κ1) is 10.6. The summed E-state index contributed by atoms with van der Waals surface area (Å²) >= 11 is 0. The maximum Gasteiger partial charge on any atom is 0.152 e. The molecule has 0 aromatic heterocycles. The number of aliphatic hydroxyl groups excluding tert-OH is 2. The SMILES string of the molecule is O=CC1(CC(O)CO)CS(=O)(=O)C1. The number of aliphatic hydroxyl groups is 2. The van der Waals surface area contributed by atoms with Crippen LogP contribution in [0.5, 0.6) is 0 Å². The van der Waals surface area contributed by atoms with E-state index in [1.807, 2.05) is 0 Å². The van der Waals surface area contributed by atoms with Crippen molar-refractivity contribution in [2.45, 2.75) is 12.5 Å². The zero-order valence-electron chi connectivity index (χ0n) is 7.01. The smallest absolute Gasteiger partial charge is 0.152 e. The molecule has 1 unspecified atom stereocenters. The van der Waals surface area contributed by atoms with E-state index >= 15 is 0 Å². The van der Waals surface area contributed by atoms with E-state index < -0.39 is 28.0 Å². The zero-order chi connectivity index (χ0) is 10.1. The van der Waals surface area contributed by atoms with Crippen molar-refractivity contribution >= 4 is 16.1 Å². The molecule has 76 valence electrons. The average molecular weight is 208 g/mol. The van der Waals surface area contributed by atoms with Crippen LogP contribution in [0.3, 0.4) is 0 Å². The van der Waals surface area contributed by atoms with Gasteiger partial charge in [0.05, 0.1) is 29.6 Å². The van der Waals surface area contributed by atoms with E-state index in [2.05, 4.69) is 0 Å². The van der Waals surface area contributed by atoms with Crippen molar-refractivity contribution in [3.8, 4) is 0 Å². The topological polar surface area (TPSA) is 91.7 Å². The van der Waals surface area contributed by atoms with Crippen molar-refractivity contribution in [3.05, 3.63) is 0 Å². The van der Waals surface area contributed by atoms with Gasteiger partial charge in [0.15, 0.2) is 9.84 Å². The molecule has 6 heteroatoms. The Hall–Kier alpha value is -0.460. The highest BCUT2D eigenvalue weighted by molar-refractivity contribution is 7.93. The second kappa shape index (κ2) is 3.36. The number of carbonyl (C=O) groups excluding carboxylic acids is 1. The molecule has 5 nitrogen and oxygen atoms in total. The Kier molecular flexibility index (Phi) is 2.74. The standard InChI is InChI=1S/C7H12O5S/c8-2-6(10)1-7(3-9)4-13(11,12)5-7/h3,6,8,10H,1-2,4-5H2. The summed E-state index contributed by atoms with van der Waals surface area (Å²) in [5.74, 6) is -0.416. The Labute approximate surface area is 76.3 Å². The molecule has 1 aliphatic rings. The van der Waals surface area contributed by atoms with E-state index in [0.717, 1.165) is 0 Å². The van der Waals surface area contributed by atoms with E-state index in [1.165, 1.54) is 0 Å². The number of rotatable bonds is 4. The highest BCUT2D eigenvalue weighted by Gasteiger charge is 2.49. The summed E-state index contributed by atoms with van der Waals surface area (Å²) in [6.45, 7) is -0.449. The molecular formula is C7H12O5S. The average Bonchev–Trinajstić information content (AvgIpc) is 2.00. The molecular weight excluding hydrogens is 196 g/mol. The molecule has 0 spiro atoms. The number of aldehydes is 1. The first-order chi connectivity index (χ1) is 5.93. The fraction of sp³-hybridized carbons (Fsp3) is 0.857. The van der Waals surface area contributed by atoms with Crippen LogP contribution < -0.4 is 0 Å². The second-order valence-electron chi connectivity index (χ2n) is 3.55. The van der Waals surface area contributed by atoms with Crippen LogP contribution in [0.1, 0.15) is 6.42 Å². The van der Waals surface area contributed by atoms with Crippen molar-refractivity contribution in [2.24, 2.45) is 5.41 Å². The first-order valence-electron chi connectivity index (χ1n) is 3.89. The minimum Gasteiger partial charge on any atom is -0.394 e. The lowest BCUT2D eigenvalue weighted by Gasteiger charge is -2.37. The predicted molar refractivity (Wildman–Crippen MR) is 44.9 cm³/mol. The molecule has 1 atom stereocenters. The number of hydrogen-bond donors (Lipinski definition) is 2. The molecule has 2 N–H and O–H groups in total. The van der Waals surface area contributed by atoms with Crippen LogP contribution >= 0.6 is 0 Å². The molecule has 0 bridgehead atoms. The molecule has 0 aromatic carbocycles. The lowest BCUT2D eigenvalue weighted by atomic mass is 9.87. The third-order valence-electron chi connectivity index (χ3n) is 2.12. The monoisotopic (exact) mass is 208 g/mol. The van der Waals surface area contributed by atoms with Crippen LogP contribution in [0, 0.1) is 5.41 Å². The van der Waals surface area contributed by atoms with Crippen molar-refractivity contribution in [3.63, 3.8) is 0 Å². The van der Waals surface area contributed by atoms with Gasteiger partial charge >= 0.3 is 0 Å². The van der Waals surface area contributed by atoms with Crippen LogP contribution in [-0.4, -0.2) is 49.1 Å². The molecule has 1 heterocycles. The van der Waals surface area contributed by atoms with E-state index in [1.54, 1.807) is 0 Å². The minimum atomic E-state index is -3.08. The van der Waals surface area contributed by atoms with Crippen molar-refractivity contribution in [2.75, 3.05) is 18.1 Å². The van der Waals surface area contributed by atoms with Crippen molar-refractivity contribution in [1.29, 1.82) is 0 Å². The largest absolute Gasteiger partial charge is 0.394 e. The van der Waals surface area contributed by atoms with Gasteiger partial charge in [0.1, 0.15) is 6.29 Å². The minimum absolute atomic E-state index is 0.0201. The van der Waals surface area contributed by atoms with Gasteiger partial charge in [0.25, 0.3) is 0 Å². The molecule has 0 radical (unpaired) electrons. The molecule has 13 heavy (non-hydrogen) atoms. The van der Waals surface area contributed by atoms with Gasteiger partial charge < -0.3 is 15.0 Å². The summed E-state index contributed by atoms with van der Waals surface area (Å²) < 4.78 is 21.7. The molecule has 1 fully saturated rings. The van der Waals surface area contributed by atoms with Gasteiger partial charge in [0, 0.05) is 0 Å². The summed E-state index contributed by atoms with van der Waals surface area (Å²) in [5, 5.41) is 17.6. The van der Waals surface area contributed by atoms with Gasteiger partial charge in [0.2, 0.25) is 0 Å². The Morgan fingerprint density at radius 3 is 2.31 bits per heavy atom. The number of sulfone groups is 1. The van der Waals surface area contributed by atoms with Crippen molar-refractivity contribution < 1.29 is 23.4 Å². The quantitative estimate of drug-likeness (QED) is 0.540. The molecule has 1 aliphatic heterocycles. The number of hydrogen-bond acceptors (Lipinski definition) is 5.